The average molecular weight is 296 g/mol. The van der Waals surface area contributed by atoms with E-state index in [2.05, 4.69) is 5.32 Å². The lowest BCUT2D eigenvalue weighted by Gasteiger charge is -2.33. The van der Waals surface area contributed by atoms with Crippen LogP contribution in [0.3, 0.4) is 0 Å². The fourth-order valence-corrected chi connectivity index (χ4v) is 2.23. The van der Waals surface area contributed by atoms with Crippen molar-refractivity contribution in [3.63, 3.8) is 0 Å². The maximum atomic E-state index is 13.6. The quantitative estimate of drug-likeness (QED) is 0.682. The van der Waals surface area contributed by atoms with Crippen LogP contribution in [-0.4, -0.2) is 30.6 Å². The second-order valence-corrected chi connectivity index (χ2v) is 5.53. The highest BCUT2D eigenvalue weighted by Gasteiger charge is 2.28. The molecule has 7 heteroatoms. The highest BCUT2D eigenvalue weighted by Crippen LogP contribution is 2.28. The van der Waals surface area contributed by atoms with Crippen molar-refractivity contribution < 1.29 is 18.8 Å². The molecule has 0 atom stereocenters. The summed E-state index contributed by atoms with van der Waals surface area (Å²) >= 11 is 0. The van der Waals surface area contributed by atoms with Crippen LogP contribution in [0.5, 0.6) is 0 Å². The van der Waals surface area contributed by atoms with Crippen molar-refractivity contribution in [1.29, 1.82) is 0 Å². The van der Waals surface area contributed by atoms with Crippen molar-refractivity contribution in [1.82, 2.24) is 5.32 Å². The molecule has 0 aliphatic carbocycles. The fraction of sp³-hybridized carbons (Fsp3) is 0.500. The van der Waals surface area contributed by atoms with Crippen molar-refractivity contribution >= 4 is 11.6 Å². The Morgan fingerprint density at radius 2 is 2.14 bits per heavy atom. The van der Waals surface area contributed by atoms with Crippen molar-refractivity contribution in [2.75, 3.05) is 19.8 Å². The largest absolute Gasteiger partial charge is 0.381 e. The smallest absolute Gasteiger partial charge is 0.270 e. The van der Waals surface area contributed by atoms with E-state index >= 15 is 0 Å². The standard InChI is InChI=1S/C14H17FN2O4/c1-14(4-6-21-7-5-14)9-16-13(18)11-8-10(17(19)20)2-3-12(11)15/h2-3,8H,4-7,9H2,1H3,(H,16,18). The Balaban J connectivity index is 2.06. The summed E-state index contributed by atoms with van der Waals surface area (Å²) in [5, 5.41) is 13.3. The molecule has 2 rings (SSSR count). The summed E-state index contributed by atoms with van der Waals surface area (Å²) in [6.07, 6.45) is 1.62. The van der Waals surface area contributed by atoms with Crippen LogP contribution in [-0.2, 0) is 4.74 Å². The van der Waals surface area contributed by atoms with E-state index in [9.17, 15) is 19.3 Å². The van der Waals surface area contributed by atoms with Crippen LogP contribution < -0.4 is 5.32 Å². The third-order valence-corrected chi connectivity index (χ3v) is 3.78. The number of hydrogen-bond donors (Lipinski definition) is 1. The van der Waals surface area contributed by atoms with E-state index in [1.165, 1.54) is 0 Å². The van der Waals surface area contributed by atoms with Crippen molar-refractivity contribution in [2.45, 2.75) is 19.8 Å². The molecule has 21 heavy (non-hydrogen) atoms. The molecule has 6 nitrogen and oxygen atoms in total. The molecule has 1 aliphatic heterocycles. The zero-order chi connectivity index (χ0) is 15.5. The maximum absolute atomic E-state index is 13.6. The molecule has 0 spiro atoms. The van der Waals surface area contributed by atoms with Gasteiger partial charge in [0.05, 0.1) is 10.5 Å². The number of nitrogens with zero attached hydrogens (tertiary/aromatic N) is 1. The summed E-state index contributed by atoms with van der Waals surface area (Å²) in [7, 11) is 0. The molecule has 114 valence electrons. The highest BCUT2D eigenvalue weighted by atomic mass is 19.1. The van der Waals surface area contributed by atoms with Crippen LogP contribution in [0.15, 0.2) is 18.2 Å². The van der Waals surface area contributed by atoms with Gasteiger partial charge in [0.2, 0.25) is 0 Å². The summed E-state index contributed by atoms with van der Waals surface area (Å²) in [4.78, 5) is 22.0. The lowest BCUT2D eigenvalue weighted by molar-refractivity contribution is -0.384. The van der Waals surface area contributed by atoms with Gasteiger partial charge in [0, 0.05) is 31.9 Å². The molecule has 0 saturated carbocycles. The molecule has 1 aromatic carbocycles. The molecule has 1 aliphatic rings. The Labute approximate surface area is 121 Å². The van der Waals surface area contributed by atoms with E-state index in [4.69, 9.17) is 4.74 Å². The first-order valence-corrected chi connectivity index (χ1v) is 6.71. The average Bonchev–Trinajstić information content (AvgIpc) is 2.46. The van der Waals surface area contributed by atoms with E-state index in [1.54, 1.807) is 0 Å². The van der Waals surface area contributed by atoms with E-state index < -0.39 is 16.6 Å². The number of ether oxygens (including phenoxy) is 1. The molecule has 1 N–H and O–H groups in total. The van der Waals surface area contributed by atoms with E-state index in [-0.39, 0.29) is 16.7 Å². The molecule has 1 heterocycles. The Hall–Kier alpha value is -2.02. The Bertz CT molecular complexity index is 556. The number of hydrogen-bond acceptors (Lipinski definition) is 4. The van der Waals surface area contributed by atoms with Crippen LogP contribution in [0.25, 0.3) is 0 Å². The molecule has 1 saturated heterocycles. The fourth-order valence-electron chi connectivity index (χ4n) is 2.23. The van der Waals surface area contributed by atoms with Gasteiger partial charge < -0.3 is 10.1 Å². The highest BCUT2D eigenvalue weighted by molar-refractivity contribution is 5.95. The minimum Gasteiger partial charge on any atom is -0.381 e. The summed E-state index contributed by atoms with van der Waals surface area (Å²) in [5.74, 6) is -1.40. The number of carbonyl (C=O) groups is 1. The number of nitrogens with one attached hydrogen (secondary N) is 1. The van der Waals surface area contributed by atoms with Crippen LogP contribution in [0, 0.1) is 21.3 Å². The molecule has 0 unspecified atom stereocenters. The minimum atomic E-state index is -0.768. The first kappa shape index (κ1) is 15.4. The lowest BCUT2D eigenvalue weighted by Crippen LogP contribution is -2.39. The molecule has 1 aromatic rings. The number of rotatable bonds is 4. The minimum absolute atomic E-state index is 0.0922. The number of nitro benzene ring substituents is 1. The molecule has 0 radical (unpaired) electrons. The van der Waals surface area contributed by atoms with Crippen LogP contribution in [0.1, 0.15) is 30.1 Å². The van der Waals surface area contributed by atoms with Gasteiger partial charge in [0.25, 0.3) is 11.6 Å². The summed E-state index contributed by atoms with van der Waals surface area (Å²) in [6.45, 7) is 3.69. The first-order valence-electron chi connectivity index (χ1n) is 6.71. The maximum Gasteiger partial charge on any atom is 0.270 e. The van der Waals surface area contributed by atoms with Gasteiger partial charge in [0.15, 0.2) is 0 Å². The number of benzene rings is 1. The van der Waals surface area contributed by atoms with Gasteiger partial charge in [0.1, 0.15) is 5.82 Å². The Kier molecular flexibility index (Phi) is 4.52. The van der Waals surface area contributed by atoms with Crippen LogP contribution in [0.4, 0.5) is 10.1 Å². The van der Waals surface area contributed by atoms with Gasteiger partial charge in [-0.05, 0) is 24.3 Å². The van der Waals surface area contributed by atoms with Gasteiger partial charge in [-0.25, -0.2) is 4.39 Å². The van der Waals surface area contributed by atoms with Crippen LogP contribution in [0.2, 0.25) is 0 Å². The molecular formula is C14H17FN2O4. The van der Waals surface area contributed by atoms with Gasteiger partial charge in [-0.3, -0.25) is 14.9 Å². The van der Waals surface area contributed by atoms with Crippen molar-refractivity contribution in [3.8, 4) is 0 Å². The second kappa shape index (κ2) is 6.17. The van der Waals surface area contributed by atoms with Crippen molar-refractivity contribution in [2.24, 2.45) is 5.41 Å². The SMILES string of the molecule is CC1(CNC(=O)c2cc([N+](=O)[O-])ccc2F)CCOCC1. The predicted molar refractivity (Wildman–Crippen MR) is 73.5 cm³/mol. The number of non-ortho nitro benzene ring substituents is 1. The monoisotopic (exact) mass is 296 g/mol. The summed E-state index contributed by atoms with van der Waals surface area (Å²) in [5.41, 5.74) is -0.704. The zero-order valence-electron chi connectivity index (χ0n) is 11.7. The Morgan fingerprint density at radius 1 is 1.48 bits per heavy atom. The van der Waals surface area contributed by atoms with Crippen LogP contribution >= 0.6 is 0 Å². The first-order chi connectivity index (χ1) is 9.91. The van der Waals surface area contributed by atoms with E-state index in [1.807, 2.05) is 6.92 Å². The van der Waals surface area contributed by atoms with E-state index in [0.29, 0.717) is 19.8 Å². The topological polar surface area (TPSA) is 81.5 Å². The lowest BCUT2D eigenvalue weighted by atomic mass is 9.82. The Morgan fingerprint density at radius 3 is 2.76 bits per heavy atom. The second-order valence-electron chi connectivity index (χ2n) is 5.53. The summed E-state index contributed by atoms with van der Waals surface area (Å²) in [6, 6.07) is 2.92. The van der Waals surface area contributed by atoms with Gasteiger partial charge >= 0.3 is 0 Å². The van der Waals surface area contributed by atoms with Gasteiger partial charge in [-0.2, -0.15) is 0 Å². The number of amides is 1. The number of carbonyl (C=O) groups excluding carboxylic acids is 1. The molecular weight excluding hydrogens is 279 g/mol. The van der Waals surface area contributed by atoms with Gasteiger partial charge in [-0.15, -0.1) is 0 Å². The molecule has 1 fully saturated rings. The molecule has 0 aromatic heterocycles. The van der Waals surface area contributed by atoms with Gasteiger partial charge in [-0.1, -0.05) is 6.92 Å². The van der Waals surface area contributed by atoms with E-state index in [0.717, 1.165) is 31.0 Å². The molecule has 0 bridgehead atoms. The molecule has 1 amide bonds. The van der Waals surface area contributed by atoms with Crippen molar-refractivity contribution in [3.05, 3.63) is 39.7 Å². The zero-order valence-corrected chi connectivity index (χ0v) is 11.7. The third-order valence-electron chi connectivity index (χ3n) is 3.78. The summed E-state index contributed by atoms with van der Waals surface area (Å²) < 4.78 is 18.9. The third kappa shape index (κ3) is 3.75. The number of halogens is 1. The number of nitro groups is 1. The predicted octanol–water partition coefficient (Wildman–Crippen LogP) is 2.28. The normalized spacial score (nSPS) is 17.2.